The summed E-state index contributed by atoms with van der Waals surface area (Å²) in [5.74, 6) is -0.655. The maximum Gasteiger partial charge on any atom is 0.250 e. The van der Waals surface area contributed by atoms with Gasteiger partial charge in [-0.1, -0.05) is 6.07 Å². The fraction of sp³-hybridized carbons (Fsp3) is 0.294. The van der Waals surface area contributed by atoms with E-state index in [1.807, 2.05) is 6.07 Å². The van der Waals surface area contributed by atoms with E-state index in [0.717, 1.165) is 45.8 Å². The summed E-state index contributed by atoms with van der Waals surface area (Å²) in [5, 5.41) is 0.825. The number of nitrogens with zero attached hydrogens (tertiary/aromatic N) is 1. The Labute approximate surface area is 141 Å². The minimum absolute atomic E-state index is 0.300. The number of carbonyl (C=O) groups is 1. The first kappa shape index (κ1) is 14.8. The van der Waals surface area contributed by atoms with Crippen LogP contribution in [0.15, 0.2) is 18.2 Å². The zero-order chi connectivity index (χ0) is 16.0. The summed E-state index contributed by atoms with van der Waals surface area (Å²) < 4.78 is 14.6. The predicted octanol–water partition coefficient (Wildman–Crippen LogP) is 4.07. The summed E-state index contributed by atoms with van der Waals surface area (Å²) >= 11 is 3.15. The van der Waals surface area contributed by atoms with Gasteiger partial charge in [0, 0.05) is 16.2 Å². The molecule has 0 bridgehead atoms. The van der Waals surface area contributed by atoms with Gasteiger partial charge in [0.25, 0.3) is 0 Å². The molecule has 6 heteroatoms. The molecule has 0 fully saturated rings. The minimum atomic E-state index is -0.355. The van der Waals surface area contributed by atoms with Gasteiger partial charge >= 0.3 is 0 Å². The first-order valence-electron chi connectivity index (χ1n) is 7.60. The number of primary amides is 1. The molecule has 2 heterocycles. The zero-order valence-corrected chi connectivity index (χ0v) is 14.0. The summed E-state index contributed by atoms with van der Waals surface area (Å²) in [6.45, 7) is 0. The van der Waals surface area contributed by atoms with Crippen molar-refractivity contribution in [1.82, 2.24) is 4.98 Å². The first-order chi connectivity index (χ1) is 11.1. The fourth-order valence-electron chi connectivity index (χ4n) is 3.21. The van der Waals surface area contributed by atoms with Crippen molar-refractivity contribution < 1.29 is 9.18 Å². The molecule has 0 saturated carbocycles. The first-order valence-corrected chi connectivity index (χ1v) is 9.24. The van der Waals surface area contributed by atoms with Crippen molar-refractivity contribution in [2.45, 2.75) is 32.1 Å². The number of amides is 1. The van der Waals surface area contributed by atoms with Gasteiger partial charge < -0.3 is 5.73 Å². The van der Waals surface area contributed by atoms with Crippen LogP contribution in [0.5, 0.6) is 0 Å². The maximum atomic E-state index is 13.8. The normalized spacial score (nSPS) is 14.1. The molecule has 2 N–H and O–H groups in total. The monoisotopic (exact) mass is 346 g/mol. The molecule has 1 aliphatic rings. The summed E-state index contributed by atoms with van der Waals surface area (Å²) in [6.07, 6.45) is 4.77. The molecule has 0 unspecified atom stereocenters. The molecule has 0 radical (unpaired) electrons. The number of nitrogens with two attached hydrogens (primary N) is 1. The third-order valence-electron chi connectivity index (χ3n) is 4.22. The van der Waals surface area contributed by atoms with Crippen LogP contribution in [-0.4, -0.2) is 10.9 Å². The van der Waals surface area contributed by atoms with Crippen LogP contribution >= 0.6 is 22.7 Å². The highest BCUT2D eigenvalue weighted by atomic mass is 32.1. The molecule has 0 aliphatic heterocycles. The van der Waals surface area contributed by atoms with Crippen LogP contribution in [0.4, 0.5) is 4.39 Å². The van der Waals surface area contributed by atoms with E-state index < -0.39 is 0 Å². The zero-order valence-electron chi connectivity index (χ0n) is 12.4. The highest BCUT2D eigenvalue weighted by molar-refractivity contribution is 7.18. The molecule has 118 valence electrons. The molecule has 1 aliphatic carbocycles. The number of benzene rings is 1. The lowest BCUT2D eigenvalue weighted by atomic mass is 9.94. The Kier molecular flexibility index (Phi) is 3.66. The number of halogens is 1. The molecule has 3 nitrogen and oxygen atoms in total. The van der Waals surface area contributed by atoms with E-state index in [1.165, 1.54) is 22.3 Å². The van der Waals surface area contributed by atoms with Crippen LogP contribution in [-0.2, 0) is 19.3 Å². The molecule has 1 amide bonds. The molecular formula is C17H15FN2OS2. The van der Waals surface area contributed by atoms with E-state index in [-0.39, 0.29) is 11.7 Å². The second-order valence-corrected chi connectivity index (χ2v) is 8.05. The number of rotatable bonds is 3. The SMILES string of the molecule is NC(=O)c1c(Cc2nc3c(F)cccc3s2)sc2c1CCCC2. The van der Waals surface area contributed by atoms with Crippen LogP contribution in [0.1, 0.15) is 43.5 Å². The lowest BCUT2D eigenvalue weighted by Gasteiger charge is -2.11. The smallest absolute Gasteiger partial charge is 0.250 e. The van der Waals surface area contributed by atoms with Crippen LogP contribution in [0.2, 0.25) is 0 Å². The van der Waals surface area contributed by atoms with Gasteiger partial charge in [-0.15, -0.1) is 22.7 Å². The average Bonchev–Trinajstić information content (AvgIpc) is 3.08. The van der Waals surface area contributed by atoms with Crippen molar-refractivity contribution >= 4 is 38.8 Å². The van der Waals surface area contributed by atoms with Crippen LogP contribution in [0, 0.1) is 5.82 Å². The number of thiazole rings is 1. The Bertz CT molecular complexity index is 913. The van der Waals surface area contributed by atoms with Crippen molar-refractivity contribution in [3.8, 4) is 0 Å². The molecule has 4 rings (SSSR count). The van der Waals surface area contributed by atoms with E-state index in [4.69, 9.17) is 5.73 Å². The molecule has 3 aromatic rings. The third-order valence-corrected chi connectivity index (χ3v) is 6.53. The Morgan fingerprint density at radius 3 is 2.87 bits per heavy atom. The Balaban J connectivity index is 1.77. The Morgan fingerprint density at radius 2 is 2.09 bits per heavy atom. The van der Waals surface area contributed by atoms with Crippen molar-refractivity contribution in [3.05, 3.63) is 49.9 Å². The Hall–Kier alpha value is -1.79. The van der Waals surface area contributed by atoms with E-state index in [9.17, 15) is 9.18 Å². The predicted molar refractivity (Wildman–Crippen MR) is 91.9 cm³/mol. The molecule has 1 aromatic carbocycles. The number of thiophene rings is 1. The second kappa shape index (κ2) is 5.69. The van der Waals surface area contributed by atoms with Gasteiger partial charge in [0.1, 0.15) is 11.3 Å². The largest absolute Gasteiger partial charge is 0.366 e. The standard InChI is InChI=1S/C17H15FN2OS2/c18-10-5-3-7-12-16(10)20-14(23-12)8-13-15(17(19)21)9-4-1-2-6-11(9)22-13/h3,5,7H,1-2,4,6,8H2,(H2,19,21). The second-order valence-electron chi connectivity index (χ2n) is 5.74. The summed E-state index contributed by atoms with van der Waals surface area (Å²) in [4.78, 5) is 18.6. The maximum absolute atomic E-state index is 13.8. The van der Waals surface area contributed by atoms with Gasteiger partial charge in [-0.2, -0.15) is 0 Å². The van der Waals surface area contributed by atoms with Gasteiger partial charge in [0.05, 0.1) is 15.3 Å². The number of carbonyl (C=O) groups excluding carboxylic acids is 1. The van der Waals surface area contributed by atoms with Crippen molar-refractivity contribution in [2.24, 2.45) is 5.73 Å². The van der Waals surface area contributed by atoms with Gasteiger partial charge in [-0.05, 0) is 43.4 Å². The number of aryl methyl sites for hydroxylation is 1. The number of fused-ring (bicyclic) bond motifs is 2. The van der Waals surface area contributed by atoms with E-state index in [1.54, 1.807) is 17.4 Å². The Morgan fingerprint density at radius 1 is 1.26 bits per heavy atom. The van der Waals surface area contributed by atoms with Gasteiger partial charge in [-0.25, -0.2) is 9.37 Å². The van der Waals surface area contributed by atoms with Crippen molar-refractivity contribution in [1.29, 1.82) is 0 Å². The number of hydrogen-bond acceptors (Lipinski definition) is 4. The fourth-order valence-corrected chi connectivity index (χ4v) is 5.70. The quantitative estimate of drug-likeness (QED) is 0.777. The molecule has 0 atom stereocenters. The average molecular weight is 346 g/mol. The van der Waals surface area contributed by atoms with Gasteiger partial charge in [0.15, 0.2) is 0 Å². The molecule has 0 saturated heterocycles. The topological polar surface area (TPSA) is 56.0 Å². The summed E-state index contributed by atoms with van der Waals surface area (Å²) in [5.41, 5.74) is 7.86. The van der Waals surface area contributed by atoms with Crippen molar-refractivity contribution in [2.75, 3.05) is 0 Å². The molecule has 23 heavy (non-hydrogen) atoms. The van der Waals surface area contributed by atoms with E-state index in [0.29, 0.717) is 17.5 Å². The lowest BCUT2D eigenvalue weighted by molar-refractivity contribution is 0.0999. The van der Waals surface area contributed by atoms with Crippen LogP contribution < -0.4 is 5.73 Å². The molecule has 0 spiro atoms. The lowest BCUT2D eigenvalue weighted by Crippen LogP contribution is -2.15. The molecule has 2 aromatic heterocycles. The molecular weight excluding hydrogens is 331 g/mol. The third kappa shape index (κ3) is 2.56. The van der Waals surface area contributed by atoms with Crippen molar-refractivity contribution in [3.63, 3.8) is 0 Å². The van der Waals surface area contributed by atoms with E-state index in [2.05, 4.69) is 4.98 Å². The number of aromatic nitrogens is 1. The highest BCUT2D eigenvalue weighted by Crippen LogP contribution is 2.36. The highest BCUT2D eigenvalue weighted by Gasteiger charge is 2.24. The number of para-hydroxylation sites is 1. The summed E-state index contributed by atoms with van der Waals surface area (Å²) in [6, 6.07) is 4.98. The van der Waals surface area contributed by atoms with Crippen LogP contribution in [0.3, 0.4) is 0 Å². The van der Waals surface area contributed by atoms with E-state index >= 15 is 0 Å². The van der Waals surface area contributed by atoms with Gasteiger partial charge in [0.2, 0.25) is 5.91 Å². The van der Waals surface area contributed by atoms with Crippen LogP contribution in [0.25, 0.3) is 10.2 Å². The summed E-state index contributed by atoms with van der Waals surface area (Å²) in [7, 11) is 0. The van der Waals surface area contributed by atoms with Gasteiger partial charge in [-0.3, -0.25) is 4.79 Å². The number of hydrogen-bond donors (Lipinski definition) is 1. The minimum Gasteiger partial charge on any atom is -0.366 e.